The molecule has 0 saturated carbocycles. The van der Waals surface area contributed by atoms with E-state index in [1.165, 1.54) is 21.9 Å². The van der Waals surface area contributed by atoms with Gasteiger partial charge in [-0.1, -0.05) is 30.3 Å². The highest BCUT2D eigenvalue weighted by atomic mass is 16.3. The number of fused-ring (bicyclic) bond motifs is 3. The lowest BCUT2D eigenvalue weighted by Gasteiger charge is -2.24. The maximum absolute atomic E-state index is 10.0. The predicted octanol–water partition coefficient (Wildman–Crippen LogP) is 3.52. The van der Waals surface area contributed by atoms with Gasteiger partial charge in [0.2, 0.25) is 0 Å². The Hall–Kier alpha value is -1.34. The molecule has 82 valence electrons. The van der Waals surface area contributed by atoms with Gasteiger partial charge in [-0.25, -0.2) is 0 Å². The average molecular weight is 212 g/mol. The fourth-order valence-corrected chi connectivity index (χ4v) is 2.85. The minimum absolute atomic E-state index is 0.257. The molecular weight excluding hydrogens is 196 g/mol. The number of aliphatic hydroxyl groups is 1. The molecule has 0 amide bonds. The van der Waals surface area contributed by atoms with Gasteiger partial charge in [0.1, 0.15) is 0 Å². The quantitative estimate of drug-likeness (QED) is 0.708. The van der Waals surface area contributed by atoms with E-state index in [0.717, 1.165) is 24.8 Å². The highest BCUT2D eigenvalue weighted by Crippen LogP contribution is 2.36. The molecule has 0 saturated heterocycles. The van der Waals surface area contributed by atoms with Crippen LogP contribution in [0.4, 0.5) is 0 Å². The number of rotatable bonds is 0. The maximum Gasteiger partial charge on any atom is 0.0793 e. The normalized spacial score (nSPS) is 19.8. The summed E-state index contributed by atoms with van der Waals surface area (Å²) in [5, 5.41) is 12.7. The van der Waals surface area contributed by atoms with Crippen molar-refractivity contribution in [2.45, 2.75) is 32.3 Å². The molecule has 1 N–H and O–H groups in total. The van der Waals surface area contributed by atoms with Gasteiger partial charge in [-0.3, -0.25) is 0 Å². The smallest absolute Gasteiger partial charge is 0.0793 e. The van der Waals surface area contributed by atoms with E-state index in [1.807, 2.05) is 0 Å². The van der Waals surface area contributed by atoms with E-state index in [4.69, 9.17) is 0 Å². The lowest BCUT2D eigenvalue weighted by molar-refractivity contribution is 0.157. The first-order valence-corrected chi connectivity index (χ1v) is 5.96. The summed E-state index contributed by atoms with van der Waals surface area (Å²) < 4.78 is 0. The van der Waals surface area contributed by atoms with Crippen LogP contribution in [0.3, 0.4) is 0 Å². The summed E-state index contributed by atoms with van der Waals surface area (Å²) in [4.78, 5) is 0. The summed E-state index contributed by atoms with van der Waals surface area (Å²) in [5.41, 5.74) is 3.79. The lowest BCUT2D eigenvalue weighted by atomic mass is 9.84. The first-order chi connectivity index (χ1) is 7.77. The minimum atomic E-state index is -0.257. The second kappa shape index (κ2) is 3.60. The van der Waals surface area contributed by atoms with E-state index in [9.17, 15) is 5.11 Å². The standard InChI is InChI=1S/C15H16O/c1-10-9-14-13(7-4-8-15(14)16)12-6-3-2-5-11(10)12/h2-3,5-6,9,15-16H,4,7-8H2,1H3. The topological polar surface area (TPSA) is 20.2 Å². The van der Waals surface area contributed by atoms with Gasteiger partial charge in [0.25, 0.3) is 0 Å². The van der Waals surface area contributed by atoms with Gasteiger partial charge in [0.15, 0.2) is 0 Å². The van der Waals surface area contributed by atoms with Crippen LogP contribution in [0.5, 0.6) is 0 Å². The van der Waals surface area contributed by atoms with Crippen molar-refractivity contribution in [2.24, 2.45) is 0 Å². The summed E-state index contributed by atoms with van der Waals surface area (Å²) in [7, 11) is 0. The monoisotopic (exact) mass is 212 g/mol. The predicted molar refractivity (Wildman–Crippen MR) is 66.6 cm³/mol. The number of hydrogen-bond acceptors (Lipinski definition) is 1. The van der Waals surface area contributed by atoms with Crippen LogP contribution in [0, 0.1) is 6.92 Å². The Labute approximate surface area is 95.7 Å². The van der Waals surface area contributed by atoms with Crippen LogP contribution in [-0.2, 0) is 6.42 Å². The van der Waals surface area contributed by atoms with Gasteiger partial charge in [-0.05, 0) is 53.6 Å². The molecule has 0 aromatic heterocycles. The van der Waals surface area contributed by atoms with Crippen molar-refractivity contribution in [1.82, 2.24) is 0 Å². The van der Waals surface area contributed by atoms with Crippen molar-refractivity contribution in [3.63, 3.8) is 0 Å². The zero-order chi connectivity index (χ0) is 11.1. The van der Waals surface area contributed by atoms with E-state index in [2.05, 4.69) is 37.3 Å². The van der Waals surface area contributed by atoms with Gasteiger partial charge in [-0.2, -0.15) is 0 Å². The average Bonchev–Trinajstić information content (AvgIpc) is 2.31. The van der Waals surface area contributed by atoms with Crippen molar-refractivity contribution < 1.29 is 5.11 Å². The summed E-state index contributed by atoms with van der Waals surface area (Å²) in [6.45, 7) is 2.13. The van der Waals surface area contributed by atoms with Crippen molar-refractivity contribution in [3.05, 3.63) is 47.0 Å². The SMILES string of the molecule is Cc1cc2c(c3ccccc13)CCCC2O. The Balaban J connectivity index is 2.38. The zero-order valence-corrected chi connectivity index (χ0v) is 9.53. The summed E-state index contributed by atoms with van der Waals surface area (Å²) >= 11 is 0. The molecule has 1 aliphatic carbocycles. The molecule has 16 heavy (non-hydrogen) atoms. The third kappa shape index (κ3) is 1.35. The van der Waals surface area contributed by atoms with Crippen molar-refractivity contribution in [2.75, 3.05) is 0 Å². The molecule has 1 nitrogen and oxygen atoms in total. The zero-order valence-electron chi connectivity index (χ0n) is 9.53. The molecule has 3 rings (SSSR count). The minimum Gasteiger partial charge on any atom is -0.388 e. The lowest BCUT2D eigenvalue weighted by Crippen LogP contribution is -2.10. The molecule has 0 spiro atoms. The molecular formula is C15H16O. The van der Waals surface area contributed by atoms with Gasteiger partial charge >= 0.3 is 0 Å². The van der Waals surface area contributed by atoms with Crippen molar-refractivity contribution >= 4 is 10.8 Å². The van der Waals surface area contributed by atoms with Crippen molar-refractivity contribution in [3.8, 4) is 0 Å². The summed E-state index contributed by atoms with van der Waals surface area (Å²) in [6, 6.07) is 10.7. The molecule has 0 radical (unpaired) electrons. The molecule has 1 unspecified atom stereocenters. The molecule has 1 aliphatic rings. The van der Waals surface area contributed by atoms with Gasteiger partial charge in [-0.15, -0.1) is 0 Å². The summed E-state index contributed by atoms with van der Waals surface area (Å²) in [6.07, 6.45) is 2.85. The third-order valence-corrected chi connectivity index (χ3v) is 3.66. The Bertz CT molecular complexity index is 542. The Morgan fingerprint density at radius 1 is 1.19 bits per heavy atom. The van der Waals surface area contributed by atoms with Crippen LogP contribution in [0.2, 0.25) is 0 Å². The van der Waals surface area contributed by atoms with Crippen LogP contribution in [0.15, 0.2) is 30.3 Å². The van der Waals surface area contributed by atoms with Gasteiger partial charge in [0.05, 0.1) is 6.10 Å². The largest absolute Gasteiger partial charge is 0.388 e. The second-order valence-corrected chi connectivity index (χ2v) is 4.71. The van der Waals surface area contributed by atoms with E-state index >= 15 is 0 Å². The number of aryl methyl sites for hydroxylation is 2. The molecule has 0 aliphatic heterocycles. The molecule has 0 bridgehead atoms. The molecule has 2 aromatic rings. The van der Waals surface area contributed by atoms with E-state index in [-0.39, 0.29) is 6.10 Å². The fourth-order valence-electron chi connectivity index (χ4n) is 2.85. The van der Waals surface area contributed by atoms with Crippen LogP contribution in [0.1, 0.15) is 35.6 Å². The first-order valence-electron chi connectivity index (χ1n) is 5.96. The maximum atomic E-state index is 10.0. The molecule has 0 heterocycles. The Morgan fingerprint density at radius 2 is 1.94 bits per heavy atom. The number of aliphatic hydroxyl groups excluding tert-OH is 1. The van der Waals surface area contributed by atoms with Gasteiger partial charge in [0, 0.05) is 0 Å². The molecule has 1 heteroatoms. The van der Waals surface area contributed by atoms with Crippen LogP contribution < -0.4 is 0 Å². The highest BCUT2D eigenvalue weighted by Gasteiger charge is 2.20. The molecule has 2 aromatic carbocycles. The van der Waals surface area contributed by atoms with E-state index < -0.39 is 0 Å². The van der Waals surface area contributed by atoms with Crippen molar-refractivity contribution in [1.29, 1.82) is 0 Å². The van der Waals surface area contributed by atoms with Crippen LogP contribution >= 0.6 is 0 Å². The number of benzene rings is 2. The summed E-state index contributed by atoms with van der Waals surface area (Å²) in [5.74, 6) is 0. The Morgan fingerprint density at radius 3 is 2.75 bits per heavy atom. The first kappa shape index (κ1) is 9.86. The van der Waals surface area contributed by atoms with Crippen LogP contribution in [-0.4, -0.2) is 5.11 Å². The van der Waals surface area contributed by atoms with Gasteiger partial charge < -0.3 is 5.11 Å². The van der Waals surface area contributed by atoms with E-state index in [1.54, 1.807) is 0 Å². The molecule has 1 atom stereocenters. The second-order valence-electron chi connectivity index (χ2n) is 4.71. The number of hydrogen-bond donors (Lipinski definition) is 1. The third-order valence-electron chi connectivity index (χ3n) is 3.66. The Kier molecular flexibility index (Phi) is 2.22. The highest BCUT2D eigenvalue weighted by molar-refractivity contribution is 5.89. The van der Waals surface area contributed by atoms with Crippen LogP contribution in [0.25, 0.3) is 10.8 Å². The van der Waals surface area contributed by atoms with E-state index in [0.29, 0.717) is 0 Å². The molecule has 0 fully saturated rings. The fraction of sp³-hybridized carbons (Fsp3) is 0.333.